The largest absolute Gasteiger partial charge is 0.525 e. The van der Waals surface area contributed by atoms with Crippen molar-refractivity contribution in [2.45, 2.75) is 45.3 Å². The van der Waals surface area contributed by atoms with E-state index in [-0.39, 0.29) is 0 Å². The van der Waals surface area contributed by atoms with Crippen molar-refractivity contribution in [2.24, 2.45) is 5.73 Å². The van der Waals surface area contributed by atoms with Crippen molar-refractivity contribution in [3.8, 4) is 0 Å². The molecule has 0 atom stereocenters. The maximum Gasteiger partial charge on any atom is 0.525 e. The molecule has 2 aromatic rings. The first-order chi connectivity index (χ1) is 12.2. The Labute approximate surface area is 159 Å². The van der Waals surface area contributed by atoms with Gasteiger partial charge in [0.25, 0.3) is 0 Å². The van der Waals surface area contributed by atoms with Gasteiger partial charge in [-0.3, -0.25) is 0 Å². The fraction of sp³-hybridized carbons (Fsp3) is 0.400. The second kappa shape index (κ2) is 7.27. The van der Waals surface area contributed by atoms with Gasteiger partial charge >= 0.3 is 7.12 Å². The van der Waals surface area contributed by atoms with Gasteiger partial charge in [-0.25, -0.2) is 4.39 Å². The molecule has 6 heteroatoms. The Hall–Kier alpha value is -1.47. The minimum Gasteiger partial charge on any atom is -0.398 e. The number of rotatable bonds is 5. The maximum absolute atomic E-state index is 15.6. The van der Waals surface area contributed by atoms with Gasteiger partial charge in [-0.1, -0.05) is 30.3 Å². The molecule has 1 aliphatic rings. The summed E-state index contributed by atoms with van der Waals surface area (Å²) in [5, 5.41) is 0. The summed E-state index contributed by atoms with van der Waals surface area (Å²) in [6.45, 7) is 8.27. The van der Waals surface area contributed by atoms with Crippen LogP contribution in [0.3, 0.4) is 0 Å². The molecule has 2 heterocycles. The van der Waals surface area contributed by atoms with Crippen LogP contribution < -0.4 is 5.73 Å². The molecule has 0 unspecified atom stereocenters. The lowest BCUT2D eigenvalue weighted by Crippen LogP contribution is -2.41. The fourth-order valence-corrected chi connectivity index (χ4v) is 3.95. The van der Waals surface area contributed by atoms with E-state index in [1.807, 2.05) is 70.2 Å². The molecule has 1 aromatic carbocycles. The van der Waals surface area contributed by atoms with Crippen LogP contribution in [0, 0.1) is 0 Å². The minimum atomic E-state index is -1.02. The third-order valence-corrected chi connectivity index (χ3v) is 6.22. The van der Waals surface area contributed by atoms with E-state index >= 15 is 4.39 Å². The van der Waals surface area contributed by atoms with Crippen molar-refractivity contribution in [1.82, 2.24) is 0 Å². The summed E-state index contributed by atoms with van der Waals surface area (Å²) in [6, 6.07) is 13.5. The molecule has 0 spiro atoms. The van der Waals surface area contributed by atoms with Crippen LogP contribution in [-0.2, 0) is 15.7 Å². The lowest BCUT2D eigenvalue weighted by molar-refractivity contribution is 0.00578. The van der Waals surface area contributed by atoms with E-state index < -0.39 is 24.0 Å². The second-order valence-electron chi connectivity index (χ2n) is 7.48. The minimum absolute atomic E-state index is 0.393. The van der Waals surface area contributed by atoms with Gasteiger partial charge in [0.15, 0.2) is 0 Å². The summed E-state index contributed by atoms with van der Waals surface area (Å²) >= 11 is 1.56. The molecule has 3 nitrogen and oxygen atoms in total. The monoisotopic (exact) mass is 373 g/mol. The zero-order chi connectivity index (χ0) is 18.9. The van der Waals surface area contributed by atoms with Crippen LogP contribution >= 0.6 is 11.3 Å². The summed E-state index contributed by atoms with van der Waals surface area (Å²) in [5.41, 5.74) is 5.42. The molecule has 1 aromatic heterocycles. The highest BCUT2D eigenvalue weighted by Crippen LogP contribution is 2.42. The summed E-state index contributed by atoms with van der Waals surface area (Å²) in [7, 11) is -1.02. The van der Waals surface area contributed by atoms with Gasteiger partial charge in [-0.2, -0.15) is 0 Å². The average Bonchev–Trinajstić information content (AvgIpc) is 3.11. The fourth-order valence-electron chi connectivity index (χ4n) is 2.86. The van der Waals surface area contributed by atoms with Gasteiger partial charge in [0.1, 0.15) is 5.73 Å². The van der Waals surface area contributed by atoms with E-state index in [1.54, 1.807) is 11.3 Å². The summed E-state index contributed by atoms with van der Waals surface area (Å²) in [6.07, 6.45) is 0.783. The van der Waals surface area contributed by atoms with Crippen LogP contribution in [0.5, 0.6) is 0 Å². The predicted molar refractivity (Wildman–Crippen MR) is 107 cm³/mol. The number of hydrogen-bond donors (Lipinski definition) is 1. The first-order valence-electron chi connectivity index (χ1n) is 8.85. The lowest BCUT2D eigenvalue weighted by Gasteiger charge is -2.32. The molecule has 1 fully saturated rings. The van der Waals surface area contributed by atoms with E-state index in [0.717, 1.165) is 21.7 Å². The molecule has 0 aliphatic carbocycles. The van der Waals surface area contributed by atoms with E-state index in [1.165, 1.54) is 0 Å². The Morgan fingerprint density at radius 3 is 2.23 bits per heavy atom. The number of benzene rings is 1. The molecule has 2 N–H and O–H groups in total. The smallest absolute Gasteiger partial charge is 0.398 e. The first kappa shape index (κ1) is 19.3. The predicted octanol–water partition coefficient (Wildman–Crippen LogP) is 4.61. The molecular formula is C20H25BFNO2S. The molecule has 0 amide bonds. The highest BCUT2D eigenvalue weighted by atomic mass is 32.1. The van der Waals surface area contributed by atoms with Crippen molar-refractivity contribution in [3.63, 3.8) is 0 Å². The van der Waals surface area contributed by atoms with Crippen LogP contribution in [0.2, 0.25) is 0 Å². The highest BCUT2D eigenvalue weighted by molar-refractivity contribution is 7.13. The maximum atomic E-state index is 15.6. The van der Waals surface area contributed by atoms with Gasteiger partial charge in [0.2, 0.25) is 0 Å². The summed E-state index contributed by atoms with van der Waals surface area (Å²) in [4.78, 5) is 1.99. The SMILES string of the molecule is CC1(C)OB(C(F)=C(c2ccccc2)c2ccc(CCN)s2)OC1(C)C. The van der Waals surface area contributed by atoms with Crippen LogP contribution in [0.4, 0.5) is 4.39 Å². The van der Waals surface area contributed by atoms with Gasteiger partial charge in [0.05, 0.1) is 11.2 Å². The molecule has 0 saturated carbocycles. The first-order valence-corrected chi connectivity index (χ1v) is 9.67. The molecule has 1 aliphatic heterocycles. The zero-order valence-corrected chi connectivity index (χ0v) is 16.5. The van der Waals surface area contributed by atoms with E-state index in [0.29, 0.717) is 12.1 Å². The Morgan fingerprint density at radius 2 is 1.65 bits per heavy atom. The van der Waals surface area contributed by atoms with E-state index in [9.17, 15) is 0 Å². The van der Waals surface area contributed by atoms with Crippen molar-refractivity contribution >= 4 is 24.0 Å². The summed E-state index contributed by atoms with van der Waals surface area (Å²) < 4.78 is 27.5. The Morgan fingerprint density at radius 1 is 1.04 bits per heavy atom. The number of hydrogen-bond acceptors (Lipinski definition) is 4. The van der Waals surface area contributed by atoms with E-state index in [4.69, 9.17) is 15.0 Å². The Kier molecular flexibility index (Phi) is 5.40. The standard InChI is InChI=1S/C20H25BFNO2S/c1-19(2)20(3,4)25-21(24-19)18(22)17(14-8-6-5-7-9-14)16-11-10-15(26-16)12-13-23/h5-11H,12-13,23H2,1-4H3. The molecular weight excluding hydrogens is 348 g/mol. The van der Waals surface area contributed by atoms with Crippen molar-refractivity contribution in [3.05, 3.63) is 63.5 Å². The molecule has 138 valence electrons. The number of nitrogens with two attached hydrogens (primary N) is 1. The highest BCUT2D eigenvalue weighted by Gasteiger charge is 2.53. The number of halogens is 1. The van der Waals surface area contributed by atoms with Gasteiger partial charge in [-0.05, 0) is 58.4 Å². The molecule has 0 bridgehead atoms. The lowest BCUT2D eigenvalue weighted by atomic mass is 9.82. The van der Waals surface area contributed by atoms with Gasteiger partial charge in [0, 0.05) is 15.3 Å². The molecule has 26 heavy (non-hydrogen) atoms. The Balaban J connectivity index is 2.06. The second-order valence-corrected chi connectivity index (χ2v) is 8.65. The van der Waals surface area contributed by atoms with Crippen molar-refractivity contribution < 1.29 is 13.7 Å². The number of thiophene rings is 1. The quantitative estimate of drug-likeness (QED) is 0.779. The van der Waals surface area contributed by atoms with Crippen LogP contribution in [0.25, 0.3) is 5.57 Å². The third-order valence-electron chi connectivity index (χ3n) is 5.06. The topological polar surface area (TPSA) is 44.5 Å². The van der Waals surface area contributed by atoms with Crippen molar-refractivity contribution in [2.75, 3.05) is 6.54 Å². The Bertz CT molecular complexity index is 785. The summed E-state index contributed by atoms with van der Waals surface area (Å²) in [5.74, 6) is 0. The third kappa shape index (κ3) is 3.65. The average molecular weight is 373 g/mol. The van der Waals surface area contributed by atoms with Crippen LogP contribution in [0.1, 0.15) is 43.0 Å². The molecule has 0 radical (unpaired) electrons. The van der Waals surface area contributed by atoms with Crippen LogP contribution in [-0.4, -0.2) is 24.9 Å². The van der Waals surface area contributed by atoms with Gasteiger partial charge < -0.3 is 15.0 Å². The van der Waals surface area contributed by atoms with E-state index in [2.05, 4.69) is 0 Å². The molecule has 3 rings (SSSR count). The van der Waals surface area contributed by atoms with Crippen molar-refractivity contribution in [1.29, 1.82) is 0 Å². The van der Waals surface area contributed by atoms with Crippen LogP contribution in [0.15, 0.2) is 48.2 Å². The molecule has 1 saturated heterocycles. The normalized spacial score (nSPS) is 19.5. The van der Waals surface area contributed by atoms with Gasteiger partial charge in [-0.15, -0.1) is 11.3 Å². The zero-order valence-electron chi connectivity index (χ0n) is 15.7.